The molecule has 2 aliphatic carbocycles. The maximum Gasteiger partial charge on any atom is 0.127 e. The van der Waals surface area contributed by atoms with E-state index in [9.17, 15) is 10.2 Å². The molecule has 0 aliphatic heterocycles. The molecule has 0 fully saturated rings. The summed E-state index contributed by atoms with van der Waals surface area (Å²) in [7, 11) is 0. The molecular weight excluding hydrogens is 736 g/mol. The van der Waals surface area contributed by atoms with Gasteiger partial charge in [-0.2, -0.15) is 0 Å². The van der Waals surface area contributed by atoms with Crippen LogP contribution in [0.3, 0.4) is 0 Å². The Kier molecular flexibility index (Phi) is 15.7. The highest BCUT2D eigenvalue weighted by atomic mass is 79.9. The lowest BCUT2D eigenvalue weighted by Crippen LogP contribution is -2.66. The van der Waals surface area contributed by atoms with Crippen LogP contribution in [0.5, 0.6) is 0 Å². The Labute approximate surface area is 266 Å². The third kappa shape index (κ3) is 7.79. The average molecular weight is 786 g/mol. The molecule has 38 heavy (non-hydrogen) atoms. The second kappa shape index (κ2) is 17.0. The first-order chi connectivity index (χ1) is 18.1. The fraction of sp³-hybridized carbons (Fsp3) is 0.750. The van der Waals surface area contributed by atoms with Gasteiger partial charge in [-0.3, -0.25) is 0 Å². The molecule has 2 rings (SSSR count). The van der Waals surface area contributed by atoms with E-state index in [0.717, 1.165) is 132 Å². The molecule has 6 heteroatoms. The molecule has 2 N–H and O–H groups in total. The largest absolute Gasteiger partial charge is 0.381 e. The van der Waals surface area contributed by atoms with Crippen LogP contribution in [0.4, 0.5) is 0 Å². The Morgan fingerprint density at radius 1 is 0.553 bits per heavy atom. The Bertz CT molecular complexity index is 818. The van der Waals surface area contributed by atoms with E-state index in [4.69, 9.17) is 0 Å². The molecule has 0 amide bonds. The molecule has 0 heterocycles. The van der Waals surface area contributed by atoms with Gasteiger partial charge in [-0.25, -0.2) is 0 Å². The molecule has 0 radical (unpaired) electrons. The quantitative estimate of drug-likeness (QED) is 0.144. The standard InChI is InChI=1S/C32H50Br4O2/c1-5-9-13-17-23-27(33)21-28(34)24(18-14-10-6-2)31(23,37)32(38)25(19-15-11-7-3)29(35)22-30(36)26(32)20-16-12-8-4/h21-23,25,37-38H,5-20H2,1-4H3. The summed E-state index contributed by atoms with van der Waals surface area (Å²) in [6.45, 7) is 8.87. The van der Waals surface area contributed by atoms with Gasteiger partial charge in [0.05, 0.1) is 0 Å². The number of rotatable bonds is 17. The number of unbranched alkanes of at least 4 members (excludes halogenated alkanes) is 8. The SMILES string of the molecule is CCCCCC1=C(Br)C=C(Br)C(CCCCC)C1(O)C1(O)C(CCCCC)=C(Br)C=C(Br)C1CCCCC. The van der Waals surface area contributed by atoms with Crippen molar-refractivity contribution >= 4 is 63.7 Å². The fourth-order valence-corrected chi connectivity index (χ4v) is 10.1. The van der Waals surface area contributed by atoms with Crippen molar-refractivity contribution in [2.75, 3.05) is 0 Å². The van der Waals surface area contributed by atoms with Gasteiger partial charge in [0.25, 0.3) is 0 Å². The van der Waals surface area contributed by atoms with Gasteiger partial charge in [-0.1, -0.05) is 156 Å². The first-order valence-electron chi connectivity index (χ1n) is 15.1. The smallest absolute Gasteiger partial charge is 0.127 e. The van der Waals surface area contributed by atoms with E-state index >= 15 is 0 Å². The minimum atomic E-state index is -1.42. The molecule has 2 aliphatic rings. The van der Waals surface area contributed by atoms with Crippen molar-refractivity contribution in [3.8, 4) is 0 Å². The monoisotopic (exact) mass is 782 g/mol. The maximum atomic E-state index is 13.4. The summed E-state index contributed by atoms with van der Waals surface area (Å²) in [5.41, 5.74) is -0.916. The molecule has 0 saturated carbocycles. The van der Waals surface area contributed by atoms with Crippen molar-refractivity contribution in [1.29, 1.82) is 0 Å². The van der Waals surface area contributed by atoms with Gasteiger partial charge >= 0.3 is 0 Å². The van der Waals surface area contributed by atoms with E-state index < -0.39 is 11.2 Å². The van der Waals surface area contributed by atoms with Crippen LogP contribution in [0.2, 0.25) is 0 Å². The summed E-state index contributed by atoms with van der Waals surface area (Å²) in [6.07, 6.45) is 20.5. The van der Waals surface area contributed by atoms with Crippen LogP contribution in [0.15, 0.2) is 41.2 Å². The minimum Gasteiger partial charge on any atom is -0.381 e. The van der Waals surface area contributed by atoms with Crippen LogP contribution in [0.25, 0.3) is 0 Å². The van der Waals surface area contributed by atoms with Crippen molar-refractivity contribution < 1.29 is 10.2 Å². The molecule has 0 spiro atoms. The van der Waals surface area contributed by atoms with Gasteiger partial charge in [0, 0.05) is 29.8 Å². The van der Waals surface area contributed by atoms with Crippen molar-refractivity contribution in [3.05, 3.63) is 41.2 Å². The first kappa shape index (κ1) is 35.0. The van der Waals surface area contributed by atoms with E-state index in [1.807, 2.05) is 0 Å². The molecule has 2 nitrogen and oxygen atoms in total. The van der Waals surface area contributed by atoms with Crippen molar-refractivity contribution in [1.82, 2.24) is 0 Å². The number of hydrogen-bond donors (Lipinski definition) is 2. The Morgan fingerprint density at radius 3 is 1.18 bits per heavy atom. The van der Waals surface area contributed by atoms with Gasteiger partial charge in [0.2, 0.25) is 0 Å². The summed E-state index contributed by atoms with van der Waals surface area (Å²) < 4.78 is 3.81. The normalized spacial score (nSPS) is 28.2. The Morgan fingerprint density at radius 2 is 0.868 bits per heavy atom. The van der Waals surface area contributed by atoms with Gasteiger partial charge in [0.15, 0.2) is 0 Å². The molecule has 4 unspecified atom stereocenters. The van der Waals surface area contributed by atoms with E-state index in [1.54, 1.807) is 0 Å². The molecule has 4 atom stereocenters. The minimum absolute atomic E-state index is 0.203. The lowest BCUT2D eigenvalue weighted by molar-refractivity contribution is -0.158. The highest BCUT2D eigenvalue weighted by Gasteiger charge is 2.64. The number of allylic oxidation sites excluding steroid dienone is 4. The molecule has 0 bridgehead atoms. The predicted octanol–water partition coefficient (Wildman–Crippen LogP) is 11.9. The predicted molar refractivity (Wildman–Crippen MR) is 179 cm³/mol. The zero-order valence-corrected chi connectivity index (χ0v) is 30.4. The van der Waals surface area contributed by atoms with Gasteiger partial charge in [-0.05, 0) is 61.8 Å². The second-order valence-electron chi connectivity index (χ2n) is 11.3. The highest BCUT2D eigenvalue weighted by Crippen LogP contribution is 2.60. The van der Waals surface area contributed by atoms with Crippen molar-refractivity contribution in [2.24, 2.45) is 11.8 Å². The van der Waals surface area contributed by atoms with Crippen LogP contribution < -0.4 is 0 Å². The number of aliphatic hydroxyl groups is 2. The van der Waals surface area contributed by atoms with E-state index in [0.29, 0.717) is 0 Å². The molecule has 0 aromatic carbocycles. The molecule has 218 valence electrons. The summed E-state index contributed by atoms with van der Waals surface area (Å²) in [6, 6.07) is 0. The summed E-state index contributed by atoms with van der Waals surface area (Å²) >= 11 is 15.5. The lowest BCUT2D eigenvalue weighted by atomic mass is 9.56. The van der Waals surface area contributed by atoms with Crippen LogP contribution in [-0.4, -0.2) is 21.4 Å². The number of halogens is 4. The van der Waals surface area contributed by atoms with Gasteiger partial charge in [0.1, 0.15) is 11.2 Å². The van der Waals surface area contributed by atoms with Gasteiger partial charge < -0.3 is 10.2 Å². The average Bonchev–Trinajstić information content (AvgIpc) is 2.87. The Balaban J connectivity index is 2.80. The van der Waals surface area contributed by atoms with Crippen molar-refractivity contribution in [3.63, 3.8) is 0 Å². The third-order valence-electron chi connectivity index (χ3n) is 8.53. The number of hydrogen-bond acceptors (Lipinski definition) is 2. The Hall–Kier alpha value is 0.800. The molecular formula is C32H50Br4O2. The van der Waals surface area contributed by atoms with Crippen LogP contribution in [-0.2, 0) is 0 Å². The topological polar surface area (TPSA) is 40.5 Å². The van der Waals surface area contributed by atoms with Crippen LogP contribution in [0, 0.1) is 11.8 Å². The molecule has 0 saturated heterocycles. The molecule has 0 aromatic rings. The van der Waals surface area contributed by atoms with E-state index in [2.05, 4.69) is 104 Å². The third-order valence-corrected chi connectivity index (χ3v) is 11.5. The van der Waals surface area contributed by atoms with Crippen LogP contribution >= 0.6 is 63.7 Å². The second-order valence-corrected chi connectivity index (χ2v) is 14.8. The summed E-state index contributed by atoms with van der Waals surface area (Å²) in [5, 5.41) is 26.8. The van der Waals surface area contributed by atoms with Gasteiger partial charge in [-0.15, -0.1) is 0 Å². The summed E-state index contributed by atoms with van der Waals surface area (Å²) in [4.78, 5) is 0. The van der Waals surface area contributed by atoms with E-state index in [1.165, 1.54) is 0 Å². The maximum absolute atomic E-state index is 13.4. The highest BCUT2D eigenvalue weighted by molar-refractivity contribution is 9.12. The zero-order chi connectivity index (χ0) is 28.3. The lowest BCUT2D eigenvalue weighted by Gasteiger charge is -2.57. The van der Waals surface area contributed by atoms with E-state index in [-0.39, 0.29) is 11.8 Å². The summed E-state index contributed by atoms with van der Waals surface area (Å²) in [5.74, 6) is -0.406. The van der Waals surface area contributed by atoms with Crippen LogP contribution in [0.1, 0.15) is 130 Å². The molecule has 0 aromatic heterocycles. The fourth-order valence-electron chi connectivity index (χ4n) is 6.41. The van der Waals surface area contributed by atoms with Crippen molar-refractivity contribution in [2.45, 2.75) is 142 Å². The zero-order valence-electron chi connectivity index (χ0n) is 24.0. The first-order valence-corrected chi connectivity index (χ1v) is 18.3.